The summed E-state index contributed by atoms with van der Waals surface area (Å²) in [6.07, 6.45) is 1.50. The molecule has 0 aromatic heterocycles. The van der Waals surface area contributed by atoms with Crippen LogP contribution in [0.1, 0.15) is 27.2 Å². The number of hydrogen-bond donors (Lipinski definition) is 2. The van der Waals surface area contributed by atoms with E-state index < -0.39 is 45.9 Å². The van der Waals surface area contributed by atoms with Gasteiger partial charge in [-0.2, -0.15) is 0 Å². The molecule has 134 valence electrons. The maximum atomic E-state index is 12.8. The third-order valence-electron chi connectivity index (χ3n) is 5.91. The molecule has 2 N–H and O–H groups in total. The molecule has 0 spiro atoms. The van der Waals surface area contributed by atoms with Gasteiger partial charge in [-0.05, 0) is 26.8 Å². The highest BCUT2D eigenvalue weighted by Crippen LogP contribution is 2.40. The minimum atomic E-state index is -2.30. The molecule has 0 amide bonds. The van der Waals surface area contributed by atoms with Crippen LogP contribution in [0.15, 0.2) is 11.6 Å². The fraction of sp³-hybridized carbons (Fsp3) is 0.750. The van der Waals surface area contributed by atoms with Crippen LogP contribution in [-0.2, 0) is 19.1 Å². The second-order valence-corrected chi connectivity index (χ2v) is 7.36. The Balaban J connectivity index is 1.99. The van der Waals surface area contributed by atoms with Gasteiger partial charge in [-0.1, -0.05) is 0 Å². The number of quaternary nitrogens is 1. The van der Waals surface area contributed by atoms with Crippen LogP contribution < -0.4 is 0 Å². The summed E-state index contributed by atoms with van der Waals surface area (Å²) >= 11 is 0. The molecule has 8 nitrogen and oxygen atoms in total. The first-order valence-corrected chi connectivity index (χ1v) is 8.10. The molecule has 0 radical (unpaired) electrons. The molecule has 6 atom stereocenters. The summed E-state index contributed by atoms with van der Waals surface area (Å²) in [4.78, 5) is 24.7. The van der Waals surface area contributed by atoms with Crippen molar-refractivity contribution < 1.29 is 33.9 Å². The van der Waals surface area contributed by atoms with E-state index >= 15 is 0 Å². The number of nitrogens with zero attached hydrogens (tertiary/aromatic N) is 1. The van der Waals surface area contributed by atoms with Crippen LogP contribution in [0.2, 0.25) is 0 Å². The molecule has 2 saturated heterocycles. The number of esters is 2. The molecular weight excluding hydrogens is 318 g/mol. The molecule has 3 aliphatic heterocycles. The molecule has 6 unspecified atom stereocenters. The van der Waals surface area contributed by atoms with Crippen molar-refractivity contribution in [3.05, 3.63) is 16.9 Å². The molecule has 8 heteroatoms. The molecule has 0 saturated carbocycles. The Kier molecular flexibility index (Phi) is 3.80. The first kappa shape index (κ1) is 17.3. The van der Waals surface area contributed by atoms with E-state index in [1.165, 1.54) is 13.8 Å². The minimum Gasteiger partial charge on any atom is -0.632 e. The predicted molar refractivity (Wildman–Crippen MR) is 81.1 cm³/mol. The summed E-state index contributed by atoms with van der Waals surface area (Å²) in [6, 6.07) is -0.595. The van der Waals surface area contributed by atoms with Gasteiger partial charge in [0, 0.05) is 12.0 Å². The third-order valence-corrected chi connectivity index (χ3v) is 5.91. The Labute approximate surface area is 139 Å². The SMILES string of the molecule is CC1C(=O)OC2CC[N+]3([O-])CC=C(COC(=O)C(C)(O)C1(C)O)C23. The lowest BCUT2D eigenvalue weighted by molar-refractivity contribution is -0.877. The molecule has 24 heavy (non-hydrogen) atoms. The highest BCUT2D eigenvalue weighted by atomic mass is 16.6. The van der Waals surface area contributed by atoms with Crippen molar-refractivity contribution in [3.63, 3.8) is 0 Å². The predicted octanol–water partition coefficient (Wildman–Crippen LogP) is -0.380. The zero-order valence-corrected chi connectivity index (χ0v) is 14.0. The largest absolute Gasteiger partial charge is 0.632 e. The van der Waals surface area contributed by atoms with Crippen LogP contribution >= 0.6 is 0 Å². The summed E-state index contributed by atoms with van der Waals surface area (Å²) in [5.74, 6) is -2.97. The van der Waals surface area contributed by atoms with Gasteiger partial charge >= 0.3 is 11.9 Å². The number of carbonyl (C=O) groups excluding carboxylic acids is 2. The van der Waals surface area contributed by atoms with Crippen molar-refractivity contribution >= 4 is 11.9 Å². The van der Waals surface area contributed by atoms with Crippen molar-refractivity contribution in [1.82, 2.24) is 0 Å². The van der Waals surface area contributed by atoms with Gasteiger partial charge in [0.15, 0.2) is 17.7 Å². The number of cyclic esters (lactones) is 1. The smallest absolute Gasteiger partial charge is 0.341 e. The lowest BCUT2D eigenvalue weighted by atomic mass is 9.76. The molecule has 3 heterocycles. The van der Waals surface area contributed by atoms with Crippen molar-refractivity contribution in [2.45, 2.75) is 50.5 Å². The minimum absolute atomic E-state index is 0.166. The van der Waals surface area contributed by atoms with Gasteiger partial charge < -0.3 is 29.5 Å². The fourth-order valence-corrected chi connectivity index (χ4v) is 3.75. The first-order valence-electron chi connectivity index (χ1n) is 8.10. The summed E-state index contributed by atoms with van der Waals surface area (Å²) < 4.78 is 10.1. The number of hydrogen-bond acceptors (Lipinski definition) is 7. The summed E-state index contributed by atoms with van der Waals surface area (Å²) in [7, 11) is 0. The van der Waals surface area contributed by atoms with E-state index in [1.54, 1.807) is 6.08 Å². The lowest BCUT2D eigenvalue weighted by Crippen LogP contribution is -2.61. The quantitative estimate of drug-likeness (QED) is 0.267. The highest BCUT2D eigenvalue weighted by molar-refractivity contribution is 5.83. The molecule has 2 fully saturated rings. The maximum Gasteiger partial charge on any atom is 0.341 e. The Morgan fingerprint density at radius 2 is 2.00 bits per heavy atom. The summed E-state index contributed by atoms with van der Waals surface area (Å²) in [5.41, 5.74) is -3.79. The third kappa shape index (κ3) is 2.28. The maximum absolute atomic E-state index is 12.8. The monoisotopic (exact) mass is 341 g/mol. The van der Waals surface area contributed by atoms with Gasteiger partial charge in [0.25, 0.3) is 0 Å². The van der Waals surface area contributed by atoms with E-state index in [0.717, 1.165) is 6.92 Å². The zero-order valence-electron chi connectivity index (χ0n) is 14.0. The normalized spacial score (nSPS) is 48.9. The highest BCUT2D eigenvalue weighted by Gasteiger charge is 2.57. The molecule has 0 bridgehead atoms. The van der Waals surface area contributed by atoms with Crippen LogP contribution in [-0.4, -0.2) is 69.8 Å². The van der Waals surface area contributed by atoms with Crippen LogP contribution in [0.3, 0.4) is 0 Å². The molecule has 3 aliphatic rings. The molecule has 0 aromatic carbocycles. The van der Waals surface area contributed by atoms with E-state index in [4.69, 9.17) is 9.47 Å². The van der Waals surface area contributed by atoms with E-state index in [0.29, 0.717) is 18.5 Å². The number of hydroxylamine groups is 3. The van der Waals surface area contributed by atoms with Gasteiger partial charge in [0.05, 0.1) is 19.0 Å². The van der Waals surface area contributed by atoms with Crippen molar-refractivity contribution in [3.8, 4) is 0 Å². The van der Waals surface area contributed by atoms with Gasteiger partial charge in [-0.25, -0.2) is 4.79 Å². The lowest BCUT2D eigenvalue weighted by Gasteiger charge is -2.40. The second-order valence-electron chi connectivity index (χ2n) is 7.36. The standard InChI is InChI=1S/C16H23NO7/c1-9-13(18)24-11-5-7-17(22)6-4-10(12(11)17)8-23-14(19)16(3,21)15(9,2)20/h4,9,11-12,20-21H,5-8H2,1-3H3. The average molecular weight is 341 g/mol. The topological polar surface area (TPSA) is 116 Å². The van der Waals surface area contributed by atoms with Gasteiger partial charge in [0.2, 0.25) is 0 Å². The number of aliphatic hydroxyl groups is 2. The molecule has 0 aliphatic carbocycles. The second kappa shape index (κ2) is 5.26. The Bertz CT molecular complexity index is 612. The van der Waals surface area contributed by atoms with Gasteiger partial charge in [0.1, 0.15) is 12.2 Å². The van der Waals surface area contributed by atoms with E-state index in [9.17, 15) is 25.0 Å². The molecule has 0 aromatic rings. The van der Waals surface area contributed by atoms with Crippen molar-refractivity contribution in [2.24, 2.45) is 5.92 Å². The van der Waals surface area contributed by atoms with Crippen molar-refractivity contribution in [1.29, 1.82) is 0 Å². The van der Waals surface area contributed by atoms with Crippen LogP contribution in [0, 0.1) is 11.1 Å². The van der Waals surface area contributed by atoms with E-state index in [2.05, 4.69) is 0 Å². The zero-order chi connectivity index (χ0) is 17.9. The van der Waals surface area contributed by atoms with Crippen LogP contribution in [0.4, 0.5) is 0 Å². The van der Waals surface area contributed by atoms with Crippen LogP contribution in [0.5, 0.6) is 0 Å². The number of ether oxygens (including phenoxy) is 2. The molecule has 3 rings (SSSR count). The number of rotatable bonds is 0. The number of carbonyl (C=O) groups is 2. The van der Waals surface area contributed by atoms with E-state index in [1.807, 2.05) is 0 Å². The van der Waals surface area contributed by atoms with Crippen LogP contribution in [0.25, 0.3) is 0 Å². The van der Waals surface area contributed by atoms with Gasteiger partial charge in [-0.15, -0.1) is 0 Å². The Hall–Kier alpha value is -1.48. The summed E-state index contributed by atoms with van der Waals surface area (Å²) in [6.45, 7) is 4.08. The Morgan fingerprint density at radius 3 is 2.67 bits per heavy atom. The first-order chi connectivity index (χ1) is 11.0. The summed E-state index contributed by atoms with van der Waals surface area (Å²) in [5, 5.41) is 33.9. The average Bonchev–Trinajstić information content (AvgIpc) is 2.99. The van der Waals surface area contributed by atoms with E-state index in [-0.39, 0.29) is 13.2 Å². The fourth-order valence-electron chi connectivity index (χ4n) is 3.75. The molecular formula is C16H23NO7. The van der Waals surface area contributed by atoms with Gasteiger partial charge in [-0.3, -0.25) is 4.79 Å². The van der Waals surface area contributed by atoms with Crippen molar-refractivity contribution in [2.75, 3.05) is 19.7 Å². The Morgan fingerprint density at radius 1 is 1.33 bits per heavy atom.